The van der Waals surface area contributed by atoms with Gasteiger partial charge in [-0.25, -0.2) is 9.69 Å². The van der Waals surface area contributed by atoms with Crippen molar-refractivity contribution in [3.63, 3.8) is 0 Å². The Kier molecular flexibility index (Phi) is 6.67. The molecule has 1 heterocycles. The number of nitrogens with zero attached hydrogens (tertiary/aromatic N) is 1. The molecule has 2 aliphatic rings. The van der Waals surface area contributed by atoms with Crippen LogP contribution in [0.15, 0.2) is 48.5 Å². The summed E-state index contributed by atoms with van der Waals surface area (Å²) in [4.78, 5) is 50.8. The second kappa shape index (κ2) is 9.63. The Morgan fingerprint density at radius 1 is 0.969 bits per heavy atom. The molecule has 1 N–H and O–H groups in total. The van der Waals surface area contributed by atoms with E-state index >= 15 is 0 Å². The zero-order valence-electron chi connectivity index (χ0n) is 17.4. The van der Waals surface area contributed by atoms with Gasteiger partial charge in [0.25, 0.3) is 5.91 Å². The number of imide groups is 1. The molecule has 1 atom stereocenters. The highest BCUT2D eigenvalue weighted by Crippen LogP contribution is 2.26. The molecule has 1 aliphatic heterocycles. The first-order valence-corrected chi connectivity index (χ1v) is 11.0. The van der Waals surface area contributed by atoms with Gasteiger partial charge in [-0.2, -0.15) is 0 Å². The van der Waals surface area contributed by atoms with E-state index < -0.39 is 18.6 Å². The molecule has 1 aliphatic carbocycles. The lowest BCUT2D eigenvalue weighted by molar-refractivity contribution is -0.121. The number of carbonyl (C=O) groups is 4. The number of anilines is 1. The largest absolute Gasteiger partial charge is 0.454 e. The number of carbonyl (C=O) groups excluding carboxylic acids is 4. The molecule has 1 saturated heterocycles. The zero-order valence-corrected chi connectivity index (χ0v) is 18.1. The molecular formula is C24H23ClN2O5. The highest BCUT2D eigenvalue weighted by molar-refractivity contribution is 6.30. The van der Waals surface area contributed by atoms with Crippen LogP contribution in [0.1, 0.15) is 52.8 Å². The van der Waals surface area contributed by atoms with Crippen LogP contribution in [0.25, 0.3) is 0 Å². The van der Waals surface area contributed by atoms with Crippen molar-refractivity contribution in [1.82, 2.24) is 5.32 Å². The third-order valence-corrected chi connectivity index (χ3v) is 6.05. The topological polar surface area (TPSA) is 92.8 Å². The minimum atomic E-state index is -0.668. The number of Topliss-reactive ketones (excluding diaryl/α,β-unsaturated/α-hetero) is 1. The Hall–Kier alpha value is -3.03. The maximum atomic E-state index is 12.8. The van der Waals surface area contributed by atoms with Crippen LogP contribution in [0, 0.1) is 0 Å². The van der Waals surface area contributed by atoms with Crippen molar-refractivity contribution in [2.45, 2.75) is 44.2 Å². The first kappa shape index (κ1) is 22.2. The average molecular weight is 455 g/mol. The zero-order chi connectivity index (χ0) is 22.7. The Morgan fingerprint density at radius 3 is 2.25 bits per heavy atom. The van der Waals surface area contributed by atoms with E-state index in [0.29, 0.717) is 16.3 Å². The number of ketones is 1. The molecule has 0 bridgehead atoms. The summed E-state index contributed by atoms with van der Waals surface area (Å²) < 4.78 is 5.09. The van der Waals surface area contributed by atoms with E-state index in [1.54, 1.807) is 24.3 Å². The molecule has 7 nitrogen and oxygen atoms in total. The number of hydrogen-bond donors (Lipinski definition) is 1. The normalized spacial score (nSPS) is 18.9. The minimum absolute atomic E-state index is 0.131. The molecule has 4 rings (SSSR count). The summed E-state index contributed by atoms with van der Waals surface area (Å²) in [6, 6.07) is 12.1. The maximum absolute atomic E-state index is 12.8. The molecule has 0 radical (unpaired) electrons. The van der Waals surface area contributed by atoms with E-state index in [-0.39, 0.29) is 35.6 Å². The predicted octanol–water partition coefficient (Wildman–Crippen LogP) is 3.54. The van der Waals surface area contributed by atoms with Crippen LogP contribution in [0.5, 0.6) is 0 Å². The smallest absolute Gasteiger partial charge is 0.338 e. The number of benzene rings is 2. The third kappa shape index (κ3) is 4.89. The van der Waals surface area contributed by atoms with Crippen molar-refractivity contribution < 1.29 is 23.9 Å². The molecule has 32 heavy (non-hydrogen) atoms. The molecule has 0 spiro atoms. The van der Waals surface area contributed by atoms with Crippen LogP contribution >= 0.6 is 11.6 Å². The Morgan fingerprint density at radius 2 is 1.59 bits per heavy atom. The van der Waals surface area contributed by atoms with Gasteiger partial charge < -0.3 is 10.1 Å². The van der Waals surface area contributed by atoms with Crippen molar-refractivity contribution in [1.29, 1.82) is 0 Å². The van der Waals surface area contributed by atoms with Crippen molar-refractivity contribution in [2.24, 2.45) is 0 Å². The van der Waals surface area contributed by atoms with Gasteiger partial charge in [-0.05, 0) is 61.4 Å². The fourth-order valence-electron chi connectivity index (χ4n) is 4.09. The van der Waals surface area contributed by atoms with Crippen LogP contribution in [-0.4, -0.2) is 42.3 Å². The summed E-state index contributed by atoms with van der Waals surface area (Å²) in [6.45, 7) is -0.403. The van der Waals surface area contributed by atoms with Crippen molar-refractivity contribution in [3.8, 4) is 0 Å². The van der Waals surface area contributed by atoms with Gasteiger partial charge in [-0.1, -0.05) is 24.4 Å². The fraction of sp³-hybridized carbons (Fsp3) is 0.333. The van der Waals surface area contributed by atoms with E-state index in [1.165, 1.54) is 24.3 Å². The summed E-state index contributed by atoms with van der Waals surface area (Å²) in [5.41, 5.74) is 1.02. The minimum Gasteiger partial charge on any atom is -0.454 e. The second-order valence-electron chi connectivity index (χ2n) is 8.03. The summed E-state index contributed by atoms with van der Waals surface area (Å²) in [5, 5.41) is 3.81. The van der Waals surface area contributed by atoms with E-state index in [2.05, 4.69) is 5.32 Å². The second-order valence-corrected chi connectivity index (χ2v) is 8.46. The Bertz CT molecular complexity index is 1030. The van der Waals surface area contributed by atoms with E-state index in [9.17, 15) is 19.2 Å². The number of esters is 1. The molecule has 166 valence electrons. The SMILES string of the molecule is O=C(COC(=O)c1ccc(N2C(=O)CC(NC3CCCC3)C2=O)cc1)c1ccc(Cl)cc1. The van der Waals surface area contributed by atoms with Gasteiger partial charge in [0, 0.05) is 16.6 Å². The summed E-state index contributed by atoms with van der Waals surface area (Å²) in [5.74, 6) is -1.56. The molecule has 1 unspecified atom stereocenters. The standard InChI is InChI=1S/C24H23ClN2O5/c25-17-9-5-15(6-10-17)21(28)14-32-24(31)16-7-11-19(12-8-16)27-22(29)13-20(23(27)30)26-18-3-1-2-4-18/h5-12,18,20,26H,1-4,13-14H2. The number of rotatable bonds is 7. The predicted molar refractivity (Wildman–Crippen MR) is 119 cm³/mol. The lowest BCUT2D eigenvalue weighted by Crippen LogP contribution is -2.42. The number of hydrogen-bond acceptors (Lipinski definition) is 6. The summed E-state index contributed by atoms with van der Waals surface area (Å²) >= 11 is 5.80. The first-order chi connectivity index (χ1) is 15.4. The molecule has 2 amide bonds. The van der Waals surface area contributed by atoms with E-state index in [4.69, 9.17) is 16.3 Å². The Balaban J connectivity index is 1.35. The molecule has 8 heteroatoms. The van der Waals surface area contributed by atoms with Crippen molar-refractivity contribution >= 4 is 40.9 Å². The van der Waals surface area contributed by atoms with Crippen molar-refractivity contribution in [2.75, 3.05) is 11.5 Å². The summed E-state index contributed by atoms with van der Waals surface area (Å²) in [7, 11) is 0. The highest BCUT2D eigenvalue weighted by atomic mass is 35.5. The van der Waals surface area contributed by atoms with E-state index in [1.807, 2.05) is 0 Å². The molecule has 1 saturated carbocycles. The van der Waals surface area contributed by atoms with Crippen LogP contribution < -0.4 is 10.2 Å². The number of halogens is 1. The van der Waals surface area contributed by atoms with Gasteiger partial charge >= 0.3 is 5.97 Å². The van der Waals surface area contributed by atoms with Crippen LogP contribution in [0.2, 0.25) is 5.02 Å². The van der Waals surface area contributed by atoms with Crippen LogP contribution in [-0.2, 0) is 14.3 Å². The van der Waals surface area contributed by atoms with Gasteiger partial charge in [0.05, 0.1) is 23.7 Å². The van der Waals surface area contributed by atoms with E-state index in [0.717, 1.165) is 30.6 Å². The van der Waals surface area contributed by atoms with Crippen molar-refractivity contribution in [3.05, 3.63) is 64.7 Å². The monoisotopic (exact) mass is 454 g/mol. The maximum Gasteiger partial charge on any atom is 0.338 e. The number of nitrogens with one attached hydrogen (secondary N) is 1. The van der Waals surface area contributed by atoms with Gasteiger partial charge in [-0.3, -0.25) is 14.4 Å². The summed E-state index contributed by atoms with van der Waals surface area (Å²) in [6.07, 6.45) is 4.45. The lowest BCUT2D eigenvalue weighted by Gasteiger charge is -2.18. The van der Waals surface area contributed by atoms with Gasteiger partial charge in [-0.15, -0.1) is 0 Å². The molecule has 2 aromatic rings. The van der Waals surface area contributed by atoms with Gasteiger partial charge in [0.2, 0.25) is 5.91 Å². The fourth-order valence-corrected chi connectivity index (χ4v) is 4.22. The quantitative estimate of drug-likeness (QED) is 0.391. The highest BCUT2D eigenvalue weighted by Gasteiger charge is 2.40. The van der Waals surface area contributed by atoms with Crippen LogP contribution in [0.4, 0.5) is 5.69 Å². The average Bonchev–Trinajstić information content (AvgIpc) is 3.40. The van der Waals surface area contributed by atoms with Crippen LogP contribution in [0.3, 0.4) is 0 Å². The first-order valence-electron chi connectivity index (χ1n) is 10.6. The van der Waals surface area contributed by atoms with Gasteiger partial charge in [0.15, 0.2) is 12.4 Å². The molecule has 2 aromatic carbocycles. The number of amides is 2. The van der Waals surface area contributed by atoms with Gasteiger partial charge in [0.1, 0.15) is 0 Å². The third-order valence-electron chi connectivity index (χ3n) is 5.80. The lowest BCUT2D eigenvalue weighted by atomic mass is 10.1. The number of ether oxygens (including phenoxy) is 1. The molecule has 2 fully saturated rings. The molecule has 0 aromatic heterocycles. The Labute approximate surface area is 190 Å². The molecular weight excluding hydrogens is 432 g/mol.